The largest absolute Gasteiger partial charge is 1.00 e. The average Bonchev–Trinajstić information content (AvgIpc) is 2.65. The monoisotopic (exact) mass is 235 g/mol. The fourth-order valence-electron chi connectivity index (χ4n) is 2.72. The number of hydrogen-bond acceptors (Lipinski definition) is 1. The zero-order valence-electron chi connectivity index (χ0n) is 11.8. The van der Waals surface area contributed by atoms with Crippen LogP contribution < -0.4 is 23.8 Å². The van der Waals surface area contributed by atoms with Crippen molar-refractivity contribution in [1.29, 1.82) is 0 Å². The molecule has 0 saturated heterocycles. The molecule has 1 aromatic carbocycles. The first-order chi connectivity index (χ1) is 8.27. The summed E-state index contributed by atoms with van der Waals surface area (Å²) in [7, 11) is 0. The maximum Gasteiger partial charge on any atom is 1.00 e. The van der Waals surface area contributed by atoms with Gasteiger partial charge in [0.25, 0.3) is 0 Å². The summed E-state index contributed by atoms with van der Waals surface area (Å²) in [5, 5.41) is 0. The number of anilines is 1. The molecular formula is C16H22LiN. The molecule has 0 aromatic heterocycles. The molecule has 0 bridgehead atoms. The minimum Gasteiger partial charge on any atom is -0.370 e. The molecule has 0 saturated carbocycles. The van der Waals surface area contributed by atoms with Gasteiger partial charge in [-0.3, -0.25) is 0 Å². The molecule has 0 radical (unpaired) electrons. The Morgan fingerprint density at radius 1 is 1.50 bits per heavy atom. The maximum absolute atomic E-state index is 4.30. The van der Waals surface area contributed by atoms with E-state index in [9.17, 15) is 0 Å². The predicted molar refractivity (Wildman–Crippen MR) is 75.6 cm³/mol. The summed E-state index contributed by atoms with van der Waals surface area (Å²) in [4.78, 5) is 2.38. The molecule has 2 rings (SSSR count). The van der Waals surface area contributed by atoms with Crippen LogP contribution in [0.2, 0.25) is 0 Å². The van der Waals surface area contributed by atoms with Crippen LogP contribution in [0, 0.1) is 6.92 Å². The Bertz CT molecular complexity index is 400. The molecule has 1 atom stereocenters. The third-order valence-corrected chi connectivity index (χ3v) is 3.51. The predicted octanol–water partition coefficient (Wildman–Crippen LogP) is 0.957. The van der Waals surface area contributed by atoms with Gasteiger partial charge in [-0.1, -0.05) is 31.6 Å². The number of aryl methyl sites for hydroxylation is 1. The van der Waals surface area contributed by atoms with Gasteiger partial charge >= 0.3 is 18.9 Å². The standard InChI is InChI=1S/C16H22N.Li/c1-4-6-8-14-9-7-10-15-16(14)13(3)12-17(15)11-5-2;/h5,7,9-10,13H,2-4,6,8,11-12H2,1H3;/q-1;+1. The van der Waals surface area contributed by atoms with Gasteiger partial charge in [0.1, 0.15) is 0 Å². The minimum absolute atomic E-state index is 0. The topological polar surface area (TPSA) is 3.24 Å². The van der Waals surface area contributed by atoms with Gasteiger partial charge in [0.05, 0.1) is 0 Å². The summed E-state index contributed by atoms with van der Waals surface area (Å²) >= 11 is 0. The summed E-state index contributed by atoms with van der Waals surface area (Å²) in [6.45, 7) is 12.3. The Labute approximate surface area is 123 Å². The second-order valence-corrected chi connectivity index (χ2v) is 4.84. The van der Waals surface area contributed by atoms with E-state index < -0.39 is 0 Å². The van der Waals surface area contributed by atoms with E-state index in [4.69, 9.17) is 0 Å². The third kappa shape index (κ3) is 3.02. The Balaban J connectivity index is 0.00000162. The van der Waals surface area contributed by atoms with E-state index >= 15 is 0 Å². The number of hydrogen-bond donors (Lipinski definition) is 0. The first-order valence-electron chi connectivity index (χ1n) is 6.58. The molecule has 1 heterocycles. The third-order valence-electron chi connectivity index (χ3n) is 3.51. The SMILES string of the molecule is C=CCN1CC([CH2-])c2c(CCCC)cccc21.[Li+]. The number of unbranched alkanes of at least 4 members (excludes halogenated alkanes) is 1. The Morgan fingerprint density at radius 3 is 2.94 bits per heavy atom. The van der Waals surface area contributed by atoms with Crippen LogP contribution in [0.3, 0.4) is 0 Å². The number of benzene rings is 1. The molecule has 1 unspecified atom stereocenters. The Hall–Kier alpha value is -0.643. The molecule has 0 amide bonds. The fraction of sp³-hybridized carbons (Fsp3) is 0.438. The molecule has 2 heteroatoms. The Kier molecular flexibility index (Phi) is 6.06. The van der Waals surface area contributed by atoms with Crippen molar-refractivity contribution < 1.29 is 18.9 Å². The van der Waals surface area contributed by atoms with Crippen LogP contribution in [0.4, 0.5) is 5.69 Å². The second kappa shape index (κ2) is 7.07. The molecule has 18 heavy (non-hydrogen) atoms. The van der Waals surface area contributed by atoms with Crippen molar-refractivity contribution in [1.82, 2.24) is 0 Å². The minimum atomic E-state index is 0. The Morgan fingerprint density at radius 2 is 2.28 bits per heavy atom. The first kappa shape index (κ1) is 15.4. The van der Waals surface area contributed by atoms with Crippen LogP contribution in [0.25, 0.3) is 0 Å². The number of rotatable bonds is 5. The van der Waals surface area contributed by atoms with Gasteiger partial charge in [0, 0.05) is 12.2 Å². The molecule has 0 spiro atoms. The van der Waals surface area contributed by atoms with Crippen LogP contribution in [-0.2, 0) is 6.42 Å². The van der Waals surface area contributed by atoms with Crippen LogP contribution in [0.5, 0.6) is 0 Å². The van der Waals surface area contributed by atoms with Crippen molar-refractivity contribution >= 4 is 5.69 Å². The summed E-state index contributed by atoms with van der Waals surface area (Å²) in [5.41, 5.74) is 4.34. The zero-order valence-corrected chi connectivity index (χ0v) is 11.8. The van der Waals surface area contributed by atoms with Crippen molar-refractivity contribution in [2.75, 3.05) is 18.0 Å². The van der Waals surface area contributed by atoms with E-state index in [1.807, 2.05) is 6.08 Å². The van der Waals surface area contributed by atoms with Crippen LogP contribution >= 0.6 is 0 Å². The molecule has 1 nitrogen and oxygen atoms in total. The molecule has 92 valence electrons. The summed E-state index contributed by atoms with van der Waals surface area (Å²) in [5.74, 6) is 0.415. The van der Waals surface area contributed by atoms with E-state index in [0.717, 1.165) is 13.1 Å². The quantitative estimate of drug-likeness (QED) is 0.417. The van der Waals surface area contributed by atoms with Crippen LogP contribution in [0.15, 0.2) is 30.9 Å². The normalized spacial score (nSPS) is 17.2. The van der Waals surface area contributed by atoms with Crippen LogP contribution in [-0.4, -0.2) is 13.1 Å². The molecule has 1 aliphatic rings. The van der Waals surface area contributed by atoms with Crippen molar-refractivity contribution in [2.45, 2.75) is 32.1 Å². The molecule has 1 aromatic rings. The summed E-state index contributed by atoms with van der Waals surface area (Å²) < 4.78 is 0. The molecule has 0 N–H and O–H groups in total. The van der Waals surface area contributed by atoms with Crippen molar-refractivity contribution in [3.05, 3.63) is 48.9 Å². The van der Waals surface area contributed by atoms with Crippen molar-refractivity contribution in [3.63, 3.8) is 0 Å². The number of fused-ring (bicyclic) bond motifs is 1. The van der Waals surface area contributed by atoms with E-state index in [1.165, 1.54) is 36.1 Å². The number of nitrogens with zero attached hydrogens (tertiary/aromatic N) is 1. The summed E-state index contributed by atoms with van der Waals surface area (Å²) in [6.07, 6.45) is 5.68. The van der Waals surface area contributed by atoms with Gasteiger partial charge in [-0.15, -0.1) is 12.5 Å². The second-order valence-electron chi connectivity index (χ2n) is 4.84. The van der Waals surface area contributed by atoms with Crippen molar-refractivity contribution in [2.24, 2.45) is 0 Å². The molecule has 0 aliphatic carbocycles. The molecular weight excluding hydrogens is 213 g/mol. The summed E-state index contributed by atoms with van der Waals surface area (Å²) in [6, 6.07) is 6.67. The van der Waals surface area contributed by atoms with Gasteiger partial charge < -0.3 is 11.8 Å². The van der Waals surface area contributed by atoms with Gasteiger partial charge in [-0.05, 0) is 36.6 Å². The van der Waals surface area contributed by atoms with E-state index in [1.54, 1.807) is 0 Å². The molecule has 1 aliphatic heterocycles. The van der Waals surface area contributed by atoms with E-state index in [-0.39, 0.29) is 18.9 Å². The first-order valence-corrected chi connectivity index (χ1v) is 6.58. The molecule has 0 fully saturated rings. The van der Waals surface area contributed by atoms with E-state index in [2.05, 4.69) is 43.5 Å². The van der Waals surface area contributed by atoms with Crippen molar-refractivity contribution in [3.8, 4) is 0 Å². The fourth-order valence-corrected chi connectivity index (χ4v) is 2.72. The zero-order chi connectivity index (χ0) is 12.3. The van der Waals surface area contributed by atoms with E-state index in [0.29, 0.717) is 5.92 Å². The smallest absolute Gasteiger partial charge is 0.370 e. The van der Waals surface area contributed by atoms with Gasteiger partial charge in [0.2, 0.25) is 0 Å². The maximum atomic E-state index is 4.30. The average molecular weight is 235 g/mol. The van der Waals surface area contributed by atoms with Gasteiger partial charge in [0.15, 0.2) is 0 Å². The van der Waals surface area contributed by atoms with Gasteiger partial charge in [-0.2, -0.15) is 0 Å². The van der Waals surface area contributed by atoms with Gasteiger partial charge in [-0.25, -0.2) is 0 Å². The van der Waals surface area contributed by atoms with Crippen LogP contribution in [0.1, 0.15) is 36.8 Å².